The van der Waals surface area contributed by atoms with Crippen molar-refractivity contribution in [1.29, 1.82) is 0 Å². The van der Waals surface area contributed by atoms with Crippen molar-refractivity contribution in [3.8, 4) is 5.75 Å². The van der Waals surface area contributed by atoms with Crippen molar-refractivity contribution in [1.82, 2.24) is 10.2 Å². The van der Waals surface area contributed by atoms with Crippen LogP contribution in [-0.4, -0.2) is 50.4 Å². The van der Waals surface area contributed by atoms with Gasteiger partial charge in [0.15, 0.2) is 0 Å². The number of anilines is 1. The van der Waals surface area contributed by atoms with Gasteiger partial charge in [0, 0.05) is 29.1 Å². The van der Waals surface area contributed by atoms with E-state index in [2.05, 4.69) is 5.32 Å². The van der Waals surface area contributed by atoms with E-state index < -0.39 is 34.3 Å². The smallest absolute Gasteiger partial charge is 0.264 e. The predicted molar refractivity (Wildman–Crippen MR) is 190 cm³/mol. The van der Waals surface area contributed by atoms with Crippen molar-refractivity contribution in [3.63, 3.8) is 0 Å². The second-order valence-corrected chi connectivity index (χ2v) is 14.6. The minimum absolute atomic E-state index is 0.0300. The van der Waals surface area contributed by atoms with Gasteiger partial charge in [-0.1, -0.05) is 72.4 Å². The molecule has 0 aliphatic heterocycles. The van der Waals surface area contributed by atoms with Crippen molar-refractivity contribution >= 4 is 50.7 Å². The highest BCUT2D eigenvalue weighted by atomic mass is 35.5. The van der Waals surface area contributed by atoms with E-state index in [4.69, 9.17) is 27.9 Å². The molecule has 0 aromatic heterocycles. The van der Waals surface area contributed by atoms with Gasteiger partial charge in [0.1, 0.15) is 24.2 Å². The minimum Gasteiger partial charge on any atom is -0.494 e. The Hall–Kier alpha value is -4.12. The molecule has 12 heteroatoms. The number of nitrogens with zero attached hydrogens (tertiary/aromatic N) is 2. The van der Waals surface area contributed by atoms with Crippen LogP contribution < -0.4 is 14.4 Å². The van der Waals surface area contributed by atoms with Crippen molar-refractivity contribution in [2.24, 2.45) is 0 Å². The number of amides is 2. The van der Waals surface area contributed by atoms with Gasteiger partial charge in [-0.15, -0.1) is 0 Å². The Balaban J connectivity index is 1.57. The summed E-state index contributed by atoms with van der Waals surface area (Å²) in [7, 11) is -4.37. The number of hydrogen-bond acceptors (Lipinski definition) is 5. The molecule has 0 bridgehead atoms. The van der Waals surface area contributed by atoms with Crippen LogP contribution in [0.15, 0.2) is 102 Å². The Morgan fingerprint density at radius 1 is 0.939 bits per heavy atom. The first-order valence-electron chi connectivity index (χ1n) is 16.1. The number of hydrogen-bond donors (Lipinski definition) is 1. The maximum Gasteiger partial charge on any atom is 0.264 e. The molecule has 8 nitrogen and oxygen atoms in total. The molecule has 4 aromatic carbocycles. The van der Waals surface area contributed by atoms with Crippen LogP contribution in [0.4, 0.5) is 10.1 Å². The lowest BCUT2D eigenvalue weighted by atomic mass is 10.0. The summed E-state index contributed by atoms with van der Waals surface area (Å²) < 4.78 is 48.9. The summed E-state index contributed by atoms with van der Waals surface area (Å²) >= 11 is 12.8. The number of carbonyl (C=O) groups is 2. The summed E-state index contributed by atoms with van der Waals surface area (Å²) in [4.78, 5) is 30.0. The van der Waals surface area contributed by atoms with Gasteiger partial charge < -0.3 is 15.0 Å². The molecule has 1 saturated carbocycles. The van der Waals surface area contributed by atoms with Crippen LogP contribution >= 0.6 is 23.2 Å². The Kier molecular flexibility index (Phi) is 12.2. The number of ether oxygens (including phenoxy) is 1. The predicted octanol–water partition coefficient (Wildman–Crippen LogP) is 7.43. The first-order chi connectivity index (χ1) is 23.5. The van der Waals surface area contributed by atoms with Gasteiger partial charge in [0.05, 0.1) is 17.2 Å². The van der Waals surface area contributed by atoms with Crippen LogP contribution in [0, 0.1) is 5.82 Å². The number of benzene rings is 4. The fourth-order valence-electron chi connectivity index (χ4n) is 5.89. The van der Waals surface area contributed by atoms with Crippen LogP contribution in [0.2, 0.25) is 10.0 Å². The maximum atomic E-state index is 14.6. The molecule has 0 spiro atoms. The number of sulfonamides is 1. The zero-order valence-electron chi connectivity index (χ0n) is 27.0. The summed E-state index contributed by atoms with van der Waals surface area (Å²) in [5.41, 5.74) is 1.41. The topological polar surface area (TPSA) is 96.0 Å². The highest BCUT2D eigenvalue weighted by Gasteiger charge is 2.36. The lowest BCUT2D eigenvalue weighted by Crippen LogP contribution is -2.54. The molecule has 0 heterocycles. The summed E-state index contributed by atoms with van der Waals surface area (Å²) in [6, 6.07) is 23.8. The van der Waals surface area contributed by atoms with E-state index in [1.807, 2.05) is 37.3 Å². The van der Waals surface area contributed by atoms with E-state index in [9.17, 15) is 22.4 Å². The van der Waals surface area contributed by atoms with E-state index >= 15 is 0 Å². The Bertz CT molecular complexity index is 1840. The molecule has 1 atom stereocenters. The molecule has 0 unspecified atom stereocenters. The van der Waals surface area contributed by atoms with E-state index in [0.29, 0.717) is 22.9 Å². The Morgan fingerprint density at radius 2 is 1.61 bits per heavy atom. The molecule has 4 aromatic rings. The molecule has 0 saturated heterocycles. The third-order valence-corrected chi connectivity index (χ3v) is 10.8. The standard InChI is InChI=1S/C37H38Cl2FN3O5S/c1-2-48-32-18-20-33(21-19-32)49(46,47)43(31-16-14-29(40)15-17-31)25-36(44)42(24-27-12-13-28(38)23-34(27)39)35(22-26-8-4-3-5-9-26)37(45)41-30-10-6-7-11-30/h3-5,8-9,12-21,23,30,35H,2,6-7,10-11,22,24-25H2,1H3,(H,41,45)/t35-/m1/s1. The van der Waals surface area contributed by atoms with Gasteiger partial charge in [-0.3, -0.25) is 13.9 Å². The average molecular weight is 727 g/mol. The summed E-state index contributed by atoms with van der Waals surface area (Å²) in [6.45, 7) is 1.42. The second kappa shape index (κ2) is 16.5. The monoisotopic (exact) mass is 725 g/mol. The van der Waals surface area contributed by atoms with Crippen molar-refractivity contribution in [3.05, 3.63) is 124 Å². The molecular weight excluding hydrogens is 688 g/mol. The average Bonchev–Trinajstić information content (AvgIpc) is 3.60. The molecule has 2 amide bonds. The van der Waals surface area contributed by atoms with Gasteiger partial charge in [0.25, 0.3) is 10.0 Å². The number of halogens is 3. The summed E-state index contributed by atoms with van der Waals surface area (Å²) in [5.74, 6) is -1.10. The van der Waals surface area contributed by atoms with Gasteiger partial charge in [-0.2, -0.15) is 0 Å². The van der Waals surface area contributed by atoms with Crippen molar-refractivity contribution in [2.75, 3.05) is 17.5 Å². The third kappa shape index (κ3) is 9.32. The van der Waals surface area contributed by atoms with Crippen LogP contribution in [0.25, 0.3) is 0 Å². The van der Waals surface area contributed by atoms with Gasteiger partial charge in [0.2, 0.25) is 11.8 Å². The van der Waals surface area contributed by atoms with Crippen LogP contribution in [0.5, 0.6) is 5.75 Å². The van der Waals surface area contributed by atoms with Gasteiger partial charge in [-0.05, 0) is 91.6 Å². The SMILES string of the molecule is CCOc1ccc(S(=O)(=O)N(CC(=O)N(Cc2ccc(Cl)cc2Cl)[C@H](Cc2ccccc2)C(=O)NC2CCCC2)c2ccc(F)cc2)cc1. The fraction of sp³-hybridized carbons (Fsp3) is 0.297. The van der Waals surface area contributed by atoms with Gasteiger partial charge >= 0.3 is 0 Å². The highest BCUT2D eigenvalue weighted by molar-refractivity contribution is 7.92. The van der Waals surface area contributed by atoms with Crippen LogP contribution in [-0.2, 0) is 32.6 Å². The van der Waals surface area contributed by atoms with E-state index in [-0.39, 0.29) is 40.5 Å². The largest absolute Gasteiger partial charge is 0.494 e. The zero-order chi connectivity index (χ0) is 35.0. The second-order valence-electron chi connectivity index (χ2n) is 11.8. The van der Waals surface area contributed by atoms with Gasteiger partial charge in [-0.25, -0.2) is 12.8 Å². The summed E-state index contributed by atoms with van der Waals surface area (Å²) in [6.07, 6.45) is 3.82. The fourth-order valence-corrected chi connectivity index (χ4v) is 7.78. The molecule has 258 valence electrons. The number of carbonyl (C=O) groups excluding carboxylic acids is 2. The third-order valence-electron chi connectivity index (χ3n) is 8.44. The van der Waals surface area contributed by atoms with E-state index in [0.717, 1.165) is 47.7 Å². The normalized spacial score (nSPS) is 13.9. The lowest BCUT2D eigenvalue weighted by molar-refractivity contribution is -0.140. The van der Waals surface area contributed by atoms with Crippen LogP contribution in [0.3, 0.4) is 0 Å². The summed E-state index contributed by atoms with van der Waals surface area (Å²) in [5, 5.41) is 3.82. The maximum absolute atomic E-state index is 14.6. The number of nitrogens with one attached hydrogen (secondary N) is 1. The highest BCUT2D eigenvalue weighted by Crippen LogP contribution is 2.28. The molecule has 5 rings (SSSR count). The molecule has 1 fully saturated rings. The van der Waals surface area contributed by atoms with Crippen LogP contribution in [0.1, 0.15) is 43.7 Å². The molecule has 1 N–H and O–H groups in total. The molecule has 49 heavy (non-hydrogen) atoms. The molecular formula is C37H38Cl2FN3O5S. The van der Waals surface area contributed by atoms with E-state index in [1.165, 1.54) is 41.3 Å². The molecule has 0 radical (unpaired) electrons. The Labute approximate surface area is 296 Å². The van der Waals surface area contributed by atoms with Crippen molar-refractivity contribution < 1.29 is 27.1 Å². The lowest BCUT2D eigenvalue weighted by Gasteiger charge is -2.34. The first-order valence-corrected chi connectivity index (χ1v) is 18.3. The molecule has 1 aliphatic rings. The van der Waals surface area contributed by atoms with E-state index in [1.54, 1.807) is 18.2 Å². The zero-order valence-corrected chi connectivity index (χ0v) is 29.4. The minimum atomic E-state index is -4.37. The number of rotatable bonds is 14. The Morgan fingerprint density at radius 3 is 2.24 bits per heavy atom. The van der Waals surface area contributed by atoms with Crippen molar-refractivity contribution in [2.45, 2.75) is 62.6 Å². The quantitative estimate of drug-likeness (QED) is 0.146. The first kappa shape index (κ1) is 36.2. The molecule has 1 aliphatic carbocycles.